The van der Waals surface area contributed by atoms with Gasteiger partial charge in [-0.05, 0) is 53.7 Å². The molecular formula is C21H29FN2O3S. The second-order valence-corrected chi connectivity index (χ2v) is 10.8. The summed E-state index contributed by atoms with van der Waals surface area (Å²) in [5.74, 6) is 1.62. The Hall–Kier alpha value is -1.70. The zero-order valence-corrected chi connectivity index (χ0v) is 17.6. The third kappa shape index (κ3) is 5.01. The maximum Gasteiger partial charge on any atom is 0.256 e. The first-order chi connectivity index (χ1) is 13.6. The number of hydrogen-bond acceptors (Lipinski definition) is 5. The summed E-state index contributed by atoms with van der Waals surface area (Å²) in [5.41, 5.74) is 1.06. The van der Waals surface area contributed by atoms with Gasteiger partial charge in [-0.3, -0.25) is 0 Å². The maximum atomic E-state index is 13.8. The van der Waals surface area contributed by atoms with Gasteiger partial charge in [0, 0.05) is 20.0 Å². The zero-order chi connectivity index (χ0) is 20.0. The molecule has 2 heterocycles. The van der Waals surface area contributed by atoms with Gasteiger partial charge in [-0.25, -0.2) is 4.98 Å². The van der Waals surface area contributed by atoms with E-state index < -0.39 is 15.8 Å². The lowest BCUT2D eigenvalue weighted by Crippen LogP contribution is -2.12. The van der Waals surface area contributed by atoms with Crippen LogP contribution in [-0.4, -0.2) is 49.6 Å². The highest BCUT2D eigenvalue weighted by molar-refractivity contribution is 8.38. The molecule has 28 heavy (non-hydrogen) atoms. The number of nitrogens with zero attached hydrogens (tertiary/aromatic N) is 2. The van der Waals surface area contributed by atoms with Gasteiger partial charge in [0.05, 0.1) is 12.8 Å². The second-order valence-electron chi connectivity index (χ2n) is 7.29. The minimum absolute atomic E-state index is 0.0399. The highest BCUT2D eigenvalue weighted by Gasteiger charge is 2.27. The van der Waals surface area contributed by atoms with Crippen molar-refractivity contribution in [3.05, 3.63) is 46.4 Å². The highest BCUT2D eigenvalue weighted by Crippen LogP contribution is 2.59. The molecule has 0 radical (unpaired) electrons. The monoisotopic (exact) mass is 408 g/mol. The molecule has 3 rings (SSSR count). The van der Waals surface area contributed by atoms with Gasteiger partial charge in [0.2, 0.25) is 5.82 Å². The van der Waals surface area contributed by atoms with Gasteiger partial charge in [0.1, 0.15) is 0 Å². The number of hydrogen-bond donors (Lipinski definition) is 0. The van der Waals surface area contributed by atoms with Crippen molar-refractivity contribution in [2.75, 3.05) is 39.6 Å². The van der Waals surface area contributed by atoms with E-state index in [1.165, 1.54) is 13.3 Å². The molecule has 0 amide bonds. The Labute approximate surface area is 168 Å². The minimum atomic E-state index is -0.851. The van der Waals surface area contributed by atoms with Gasteiger partial charge in [-0.15, -0.1) is 0 Å². The lowest BCUT2D eigenvalue weighted by atomic mass is 9.87. The van der Waals surface area contributed by atoms with E-state index in [9.17, 15) is 4.39 Å². The van der Waals surface area contributed by atoms with Crippen LogP contribution < -0.4 is 4.74 Å². The van der Waals surface area contributed by atoms with Crippen LogP contribution in [0, 0.1) is 11.7 Å². The summed E-state index contributed by atoms with van der Waals surface area (Å²) in [7, 11) is 2.40. The molecule has 0 bridgehead atoms. The van der Waals surface area contributed by atoms with Crippen LogP contribution in [0.2, 0.25) is 0 Å². The van der Waals surface area contributed by atoms with Crippen LogP contribution in [0.15, 0.2) is 34.7 Å². The number of rotatable bonds is 9. The fourth-order valence-corrected chi connectivity index (χ4v) is 6.08. The lowest BCUT2D eigenvalue weighted by Gasteiger charge is -2.35. The summed E-state index contributed by atoms with van der Waals surface area (Å²) >= 11 is 0. The van der Waals surface area contributed by atoms with Crippen LogP contribution in [0.3, 0.4) is 0 Å². The molecule has 0 N–H and O–H groups in total. The summed E-state index contributed by atoms with van der Waals surface area (Å²) in [6, 6.07) is 0. The number of ether oxygens (including phenoxy) is 3. The van der Waals surface area contributed by atoms with Gasteiger partial charge in [0.15, 0.2) is 12.6 Å². The summed E-state index contributed by atoms with van der Waals surface area (Å²) in [6.45, 7) is 0.763. The number of methoxy groups -OCH3 is 2. The van der Waals surface area contributed by atoms with Crippen molar-refractivity contribution in [2.45, 2.75) is 25.7 Å². The lowest BCUT2D eigenvalue weighted by molar-refractivity contribution is 0.0445. The fourth-order valence-electron chi connectivity index (χ4n) is 3.56. The summed E-state index contributed by atoms with van der Waals surface area (Å²) in [5, 5.41) is 2.37. The molecule has 2 aliphatic rings. The topological polar surface area (TPSA) is 53.5 Å². The average molecular weight is 409 g/mol. The third-order valence-corrected chi connectivity index (χ3v) is 8.57. The Morgan fingerprint density at radius 1 is 1.29 bits per heavy atom. The van der Waals surface area contributed by atoms with E-state index >= 15 is 0 Å². The van der Waals surface area contributed by atoms with Gasteiger partial charge < -0.3 is 14.2 Å². The SMILES string of the molecule is COCCS1(C)C=CC=C1CC1CC=C(c2ncc(F)c(OCOC)n2)CC1. The normalized spacial score (nSPS) is 26.5. The van der Waals surface area contributed by atoms with E-state index in [1.54, 1.807) is 12.0 Å². The molecule has 1 aromatic rings. The molecule has 0 saturated carbocycles. The quantitative estimate of drug-likeness (QED) is 0.556. The molecule has 1 aromatic heterocycles. The number of aromatic nitrogens is 2. The molecule has 1 aliphatic carbocycles. The zero-order valence-electron chi connectivity index (χ0n) is 16.8. The molecule has 1 aliphatic heterocycles. The molecule has 7 heteroatoms. The van der Waals surface area contributed by atoms with E-state index in [0.29, 0.717) is 11.7 Å². The van der Waals surface area contributed by atoms with Crippen molar-refractivity contribution in [2.24, 2.45) is 5.92 Å². The summed E-state index contributed by atoms with van der Waals surface area (Å²) < 4.78 is 29.1. The molecule has 154 valence electrons. The van der Waals surface area contributed by atoms with Crippen molar-refractivity contribution in [3.63, 3.8) is 0 Å². The first-order valence-corrected chi connectivity index (χ1v) is 11.8. The third-order valence-electron chi connectivity index (χ3n) is 5.29. The van der Waals surface area contributed by atoms with Crippen LogP contribution in [-0.2, 0) is 9.47 Å². The van der Waals surface area contributed by atoms with Gasteiger partial charge >= 0.3 is 0 Å². The number of halogens is 1. The Bertz CT molecular complexity index is 781. The molecule has 0 fully saturated rings. The van der Waals surface area contributed by atoms with Gasteiger partial charge in [-0.2, -0.15) is 19.4 Å². The van der Waals surface area contributed by atoms with Crippen molar-refractivity contribution in [1.29, 1.82) is 0 Å². The standard InChI is InChI=1S/C21H29FN2O3S/c1-25-10-12-28(3)11-4-5-18(28)13-16-6-8-17(9-7-16)20-23-14-19(22)21(24-20)27-15-26-2/h4-5,8,11,14,16H,6-7,9-10,12-13,15H2,1-3H3. The van der Waals surface area contributed by atoms with Crippen LogP contribution in [0.25, 0.3) is 5.57 Å². The first-order valence-electron chi connectivity index (χ1n) is 9.51. The molecule has 0 aromatic carbocycles. The van der Waals surface area contributed by atoms with Gasteiger partial charge in [0.25, 0.3) is 5.88 Å². The minimum Gasteiger partial charge on any atom is -0.448 e. The maximum absolute atomic E-state index is 13.8. The average Bonchev–Trinajstić information content (AvgIpc) is 3.07. The molecular weight excluding hydrogens is 379 g/mol. The molecule has 2 atom stereocenters. The van der Waals surface area contributed by atoms with E-state index in [-0.39, 0.29) is 12.7 Å². The van der Waals surface area contributed by atoms with Crippen molar-refractivity contribution < 1.29 is 18.6 Å². The predicted molar refractivity (Wildman–Crippen MR) is 112 cm³/mol. The molecule has 5 nitrogen and oxygen atoms in total. The molecule has 0 spiro atoms. The highest BCUT2D eigenvalue weighted by atomic mass is 32.3. The summed E-state index contributed by atoms with van der Waals surface area (Å²) in [6.07, 6.45) is 14.3. The van der Waals surface area contributed by atoms with Crippen molar-refractivity contribution >= 4 is 15.6 Å². The largest absolute Gasteiger partial charge is 0.448 e. The van der Waals surface area contributed by atoms with E-state index in [0.717, 1.165) is 43.6 Å². The molecule has 2 unspecified atom stereocenters. The fraction of sp³-hybridized carbons (Fsp3) is 0.524. The van der Waals surface area contributed by atoms with Crippen LogP contribution >= 0.6 is 10.0 Å². The van der Waals surface area contributed by atoms with Crippen LogP contribution in [0.1, 0.15) is 31.5 Å². The van der Waals surface area contributed by atoms with Crippen LogP contribution in [0.5, 0.6) is 5.88 Å². The van der Waals surface area contributed by atoms with Gasteiger partial charge in [-0.1, -0.05) is 18.2 Å². The number of allylic oxidation sites excluding steroid dienone is 5. The second kappa shape index (κ2) is 9.67. The Kier molecular flexibility index (Phi) is 7.26. The van der Waals surface area contributed by atoms with Crippen molar-refractivity contribution in [3.8, 4) is 5.88 Å². The van der Waals surface area contributed by atoms with Crippen molar-refractivity contribution in [1.82, 2.24) is 9.97 Å². The van der Waals surface area contributed by atoms with E-state index in [4.69, 9.17) is 14.2 Å². The van der Waals surface area contributed by atoms with E-state index in [2.05, 4.69) is 39.9 Å². The Morgan fingerprint density at radius 2 is 2.14 bits per heavy atom. The summed E-state index contributed by atoms with van der Waals surface area (Å²) in [4.78, 5) is 9.95. The van der Waals surface area contributed by atoms with Crippen LogP contribution in [0.4, 0.5) is 4.39 Å². The Morgan fingerprint density at radius 3 is 2.86 bits per heavy atom. The Balaban J connectivity index is 1.62. The van der Waals surface area contributed by atoms with E-state index in [1.807, 2.05) is 0 Å². The molecule has 0 saturated heterocycles. The first kappa shape index (κ1) is 21.0. The predicted octanol–water partition coefficient (Wildman–Crippen LogP) is 4.66. The smallest absolute Gasteiger partial charge is 0.256 e.